The molecule has 20 heteroatoms. The second-order valence-corrected chi connectivity index (χ2v) is 16.2. The van der Waals surface area contributed by atoms with Gasteiger partial charge >= 0.3 is 0 Å². The number of nitrogens with zero attached hydrogens (tertiary/aromatic N) is 1. The number of nitro benzene ring substituents is 1. The summed E-state index contributed by atoms with van der Waals surface area (Å²) in [5.41, 5.74) is 2.03. The molecule has 0 aromatic heterocycles. The summed E-state index contributed by atoms with van der Waals surface area (Å²) in [4.78, 5) is 10.4. The summed E-state index contributed by atoms with van der Waals surface area (Å²) < 4.78 is 84.9. The molecule has 0 radical (unpaired) electrons. The lowest BCUT2D eigenvalue weighted by molar-refractivity contribution is -0.385. The molecule has 2 saturated heterocycles. The van der Waals surface area contributed by atoms with Crippen molar-refractivity contribution < 1.29 is 74.6 Å². The van der Waals surface area contributed by atoms with Crippen LogP contribution in [0.15, 0.2) is 76.5 Å². The molecule has 0 spiro atoms. The highest BCUT2D eigenvalue weighted by Gasteiger charge is 2.51. The molecule has 0 saturated carbocycles. The highest BCUT2D eigenvalue weighted by Crippen LogP contribution is 2.32. The Labute approximate surface area is 310 Å². The van der Waals surface area contributed by atoms with E-state index in [0.29, 0.717) is 11.1 Å². The predicted molar refractivity (Wildman–Crippen MR) is 183 cm³/mol. The Balaban J connectivity index is 1.35. The summed E-state index contributed by atoms with van der Waals surface area (Å²) in [6, 6.07) is 15.6. The standard InChI is InChI=1S/C34H41NO17S2/c1-18-4-10-22(11-5-18)53(43,44)48-16-25-27(36)28(37)30(39)34(50-25)52-32-26(17-49-54(45,46)23-12-6-19(2)7-13-23)51-33(31(40)29(32)38)47-15-21-9-8-20(3)24(14-21)35(41)42/h4-14,25-34,36-40H,15-17H2,1-3H3/t25-,26-,27-,28+,29-,30-,31-,32-,33-,34-/m1/s1. The molecule has 5 rings (SSSR count). The molecule has 18 nitrogen and oxygen atoms in total. The number of nitro groups is 1. The zero-order valence-corrected chi connectivity index (χ0v) is 30.8. The number of rotatable bonds is 14. The minimum atomic E-state index is -4.45. The fourth-order valence-electron chi connectivity index (χ4n) is 5.65. The van der Waals surface area contributed by atoms with Crippen molar-refractivity contribution in [2.45, 2.75) is 98.6 Å². The minimum Gasteiger partial charge on any atom is -0.387 e. The fraction of sp³-hybridized carbons (Fsp3) is 0.471. The van der Waals surface area contributed by atoms with E-state index in [4.69, 9.17) is 27.3 Å². The molecular formula is C34H41NO17S2. The van der Waals surface area contributed by atoms with Gasteiger partial charge in [-0.3, -0.25) is 18.5 Å². The van der Waals surface area contributed by atoms with Crippen LogP contribution in [0.2, 0.25) is 0 Å². The Morgan fingerprint density at radius 3 is 1.70 bits per heavy atom. The highest BCUT2D eigenvalue weighted by molar-refractivity contribution is 7.87. The lowest BCUT2D eigenvalue weighted by Gasteiger charge is -2.46. The van der Waals surface area contributed by atoms with Gasteiger partial charge in [-0.15, -0.1) is 0 Å². The molecule has 3 aromatic carbocycles. The van der Waals surface area contributed by atoms with Gasteiger partial charge in [-0.25, -0.2) is 0 Å². The van der Waals surface area contributed by atoms with Gasteiger partial charge in [0.1, 0.15) is 48.8 Å². The number of ether oxygens (including phenoxy) is 4. The Hall–Kier alpha value is -3.48. The van der Waals surface area contributed by atoms with Crippen molar-refractivity contribution in [1.29, 1.82) is 0 Å². The third-order valence-electron chi connectivity index (χ3n) is 8.88. The molecule has 5 N–H and O–H groups in total. The first-order valence-electron chi connectivity index (χ1n) is 16.5. The van der Waals surface area contributed by atoms with Crippen LogP contribution in [0.5, 0.6) is 0 Å². The van der Waals surface area contributed by atoms with Crippen LogP contribution >= 0.6 is 0 Å². The van der Waals surface area contributed by atoms with Gasteiger partial charge < -0.3 is 44.5 Å². The van der Waals surface area contributed by atoms with Crippen molar-refractivity contribution in [2.75, 3.05) is 13.2 Å². The Kier molecular flexibility index (Phi) is 13.2. The maximum absolute atomic E-state index is 13.1. The van der Waals surface area contributed by atoms with Gasteiger partial charge in [0.05, 0.1) is 34.5 Å². The largest absolute Gasteiger partial charge is 0.387 e. The molecule has 10 atom stereocenters. The van der Waals surface area contributed by atoms with Gasteiger partial charge in [0.2, 0.25) is 0 Å². The Morgan fingerprint density at radius 1 is 0.667 bits per heavy atom. The second-order valence-electron chi connectivity index (χ2n) is 12.9. The number of aliphatic hydroxyl groups excluding tert-OH is 5. The monoisotopic (exact) mass is 799 g/mol. The van der Waals surface area contributed by atoms with E-state index in [2.05, 4.69) is 0 Å². The van der Waals surface area contributed by atoms with Crippen LogP contribution < -0.4 is 0 Å². The summed E-state index contributed by atoms with van der Waals surface area (Å²) in [7, 11) is -8.82. The summed E-state index contributed by atoms with van der Waals surface area (Å²) in [6.45, 7) is 2.94. The molecule has 296 valence electrons. The molecule has 54 heavy (non-hydrogen) atoms. The molecule has 0 unspecified atom stereocenters. The number of hydrogen-bond acceptors (Lipinski definition) is 17. The van der Waals surface area contributed by atoms with Crippen LogP contribution in [0.25, 0.3) is 0 Å². The molecule has 2 aliphatic heterocycles. The first-order chi connectivity index (χ1) is 25.4. The molecule has 0 amide bonds. The van der Waals surface area contributed by atoms with Crippen molar-refractivity contribution in [3.63, 3.8) is 0 Å². The average molecular weight is 800 g/mol. The van der Waals surface area contributed by atoms with E-state index < -0.39 is 99.8 Å². The first-order valence-corrected chi connectivity index (χ1v) is 19.3. The Bertz CT molecular complexity index is 1980. The number of aryl methyl sites for hydroxylation is 3. The molecule has 0 bridgehead atoms. The lowest BCUT2D eigenvalue weighted by atomic mass is 9.97. The number of hydrogen-bond donors (Lipinski definition) is 5. The smallest absolute Gasteiger partial charge is 0.297 e. The van der Waals surface area contributed by atoms with Crippen molar-refractivity contribution in [3.8, 4) is 0 Å². The average Bonchev–Trinajstić information content (AvgIpc) is 3.13. The Morgan fingerprint density at radius 2 is 1.17 bits per heavy atom. The summed E-state index contributed by atoms with van der Waals surface area (Å²) in [6.07, 6.45) is -18.5. The SMILES string of the molecule is Cc1ccc(S(=O)(=O)OC[C@H]2O[C@H](O[C@H]3[C@H](O)[C@@H](O)[C@H](OCc4ccc(C)c([N+](=O)[O-])c4)O[C@@H]3COS(=O)(=O)c3ccc(C)cc3)[C@H](O)[C@@H](O)[C@@H]2O)cc1. The highest BCUT2D eigenvalue weighted by atomic mass is 32.2. The van der Waals surface area contributed by atoms with E-state index in [9.17, 15) is 52.5 Å². The molecular weight excluding hydrogens is 758 g/mol. The van der Waals surface area contributed by atoms with E-state index in [1.165, 1.54) is 73.7 Å². The van der Waals surface area contributed by atoms with E-state index in [0.717, 1.165) is 11.1 Å². The van der Waals surface area contributed by atoms with Gasteiger partial charge in [0, 0.05) is 11.6 Å². The third kappa shape index (κ3) is 9.66. The summed E-state index contributed by atoms with van der Waals surface area (Å²) in [5, 5.41) is 65.8. The van der Waals surface area contributed by atoms with E-state index in [1.807, 2.05) is 0 Å². The topological polar surface area (TPSA) is 268 Å². The van der Waals surface area contributed by atoms with Crippen LogP contribution in [0, 0.1) is 30.9 Å². The normalized spacial score (nSPS) is 29.2. The van der Waals surface area contributed by atoms with Crippen molar-refractivity contribution >= 4 is 25.9 Å². The maximum atomic E-state index is 13.1. The van der Waals surface area contributed by atoms with Crippen LogP contribution in [0.3, 0.4) is 0 Å². The predicted octanol–water partition coefficient (Wildman–Crippen LogP) is 0.487. The zero-order valence-electron chi connectivity index (χ0n) is 29.1. The quantitative estimate of drug-likeness (QED) is 0.0843. The van der Waals surface area contributed by atoms with Crippen LogP contribution in [0.1, 0.15) is 22.3 Å². The van der Waals surface area contributed by atoms with Gasteiger partial charge in [-0.1, -0.05) is 47.5 Å². The van der Waals surface area contributed by atoms with E-state index in [1.54, 1.807) is 13.8 Å². The molecule has 0 aliphatic carbocycles. The summed E-state index contributed by atoms with van der Waals surface area (Å²) in [5.74, 6) is 0. The molecule has 3 aromatic rings. The van der Waals surface area contributed by atoms with Crippen LogP contribution in [-0.4, -0.2) is 122 Å². The lowest BCUT2D eigenvalue weighted by Crippen LogP contribution is -2.64. The van der Waals surface area contributed by atoms with Gasteiger partial charge in [-0.05, 0) is 50.6 Å². The maximum Gasteiger partial charge on any atom is 0.297 e. The zero-order chi connectivity index (χ0) is 39.5. The third-order valence-corrected chi connectivity index (χ3v) is 11.5. The first kappa shape index (κ1) is 41.7. The van der Waals surface area contributed by atoms with Crippen molar-refractivity contribution in [1.82, 2.24) is 0 Å². The van der Waals surface area contributed by atoms with Crippen molar-refractivity contribution in [3.05, 3.63) is 99.1 Å². The molecule has 2 fully saturated rings. The van der Waals surface area contributed by atoms with Crippen molar-refractivity contribution in [2.24, 2.45) is 0 Å². The molecule has 2 heterocycles. The minimum absolute atomic E-state index is 0.197. The van der Waals surface area contributed by atoms with Gasteiger partial charge in [0.15, 0.2) is 12.6 Å². The van der Waals surface area contributed by atoms with E-state index >= 15 is 0 Å². The van der Waals surface area contributed by atoms with E-state index in [-0.39, 0.29) is 22.1 Å². The number of benzene rings is 3. The second kappa shape index (κ2) is 17.1. The van der Waals surface area contributed by atoms with Gasteiger partial charge in [-0.2, -0.15) is 16.8 Å². The molecule has 2 aliphatic rings. The van der Waals surface area contributed by atoms with Crippen LogP contribution in [0.4, 0.5) is 5.69 Å². The van der Waals surface area contributed by atoms with Crippen LogP contribution in [-0.2, 0) is 54.2 Å². The fourth-order valence-corrected chi connectivity index (χ4v) is 7.48. The van der Waals surface area contributed by atoms with Gasteiger partial charge in [0.25, 0.3) is 25.9 Å². The summed E-state index contributed by atoms with van der Waals surface area (Å²) >= 11 is 0. The number of aliphatic hydroxyl groups is 5.